The Kier molecular flexibility index (Phi) is 7.83. The number of carboxylic acid groups (broad SMARTS) is 1. The summed E-state index contributed by atoms with van der Waals surface area (Å²) in [7, 11) is 1.56. The van der Waals surface area contributed by atoms with Gasteiger partial charge in [-0.3, -0.25) is 14.5 Å². The predicted octanol–water partition coefficient (Wildman–Crippen LogP) is 1.58. The minimum atomic E-state index is -1.15. The van der Waals surface area contributed by atoms with Gasteiger partial charge in [0.1, 0.15) is 18.2 Å². The molecule has 0 heterocycles. The highest BCUT2D eigenvalue weighted by Crippen LogP contribution is 2.22. The molecule has 21 heavy (non-hydrogen) atoms. The lowest BCUT2D eigenvalue weighted by Gasteiger charge is -2.24. The molecular formula is C13H17ClF2N2O3. The van der Waals surface area contributed by atoms with Gasteiger partial charge in [-0.1, -0.05) is 0 Å². The van der Waals surface area contributed by atoms with Crippen LogP contribution in [0.25, 0.3) is 0 Å². The second kappa shape index (κ2) is 8.53. The van der Waals surface area contributed by atoms with Crippen molar-refractivity contribution in [2.45, 2.75) is 13.0 Å². The highest BCUT2D eigenvalue weighted by molar-refractivity contribution is 5.85. The summed E-state index contributed by atoms with van der Waals surface area (Å²) in [5, 5.41) is 10.6. The Balaban J connectivity index is 0.00000400. The number of hydrogen-bond acceptors (Lipinski definition) is 3. The van der Waals surface area contributed by atoms with E-state index in [1.54, 1.807) is 14.0 Å². The Hall–Kier alpha value is -1.73. The van der Waals surface area contributed by atoms with Crippen LogP contribution in [0.5, 0.6) is 0 Å². The van der Waals surface area contributed by atoms with Crippen LogP contribution in [0, 0.1) is 11.6 Å². The quantitative estimate of drug-likeness (QED) is 0.834. The van der Waals surface area contributed by atoms with Crippen LogP contribution in [-0.2, 0) is 9.59 Å². The van der Waals surface area contributed by atoms with Gasteiger partial charge in [-0.2, -0.15) is 0 Å². The summed E-state index contributed by atoms with van der Waals surface area (Å²) < 4.78 is 26.7. The summed E-state index contributed by atoms with van der Waals surface area (Å²) in [5.74, 6) is -2.77. The van der Waals surface area contributed by atoms with Crippen molar-refractivity contribution in [3.63, 3.8) is 0 Å². The van der Waals surface area contributed by atoms with Crippen LogP contribution in [0.2, 0.25) is 0 Å². The number of rotatable bonds is 6. The molecule has 0 aromatic heterocycles. The summed E-state index contributed by atoms with van der Waals surface area (Å²) in [6, 6.07) is 2.59. The average Bonchev–Trinajstić information content (AvgIpc) is 2.38. The zero-order chi connectivity index (χ0) is 15.3. The minimum Gasteiger partial charge on any atom is -0.480 e. The van der Waals surface area contributed by atoms with Crippen molar-refractivity contribution in [3.05, 3.63) is 35.4 Å². The van der Waals surface area contributed by atoms with Crippen LogP contribution in [-0.4, -0.2) is 42.0 Å². The third kappa shape index (κ3) is 6.05. The maximum atomic E-state index is 13.6. The van der Waals surface area contributed by atoms with E-state index < -0.39 is 36.1 Å². The molecule has 118 valence electrons. The standard InChI is InChI=1S/C13H16F2N2O3.ClH/c1-8(10-5-9(14)3-4-11(10)15)17(2)7-12(18)16-6-13(19)20;/h3-5,8H,6-7H2,1-2H3,(H,16,18)(H,19,20);1H. The topological polar surface area (TPSA) is 69.6 Å². The molecule has 1 aromatic carbocycles. The van der Waals surface area contributed by atoms with E-state index in [1.165, 1.54) is 4.90 Å². The van der Waals surface area contributed by atoms with Crippen molar-refractivity contribution in [1.29, 1.82) is 0 Å². The number of nitrogens with one attached hydrogen (secondary N) is 1. The molecule has 0 radical (unpaired) electrons. The van der Waals surface area contributed by atoms with E-state index in [4.69, 9.17) is 5.11 Å². The molecule has 0 aliphatic carbocycles. The molecule has 1 rings (SSSR count). The maximum absolute atomic E-state index is 13.6. The first-order valence-electron chi connectivity index (χ1n) is 5.95. The third-order valence-corrected chi connectivity index (χ3v) is 2.90. The molecule has 0 saturated heterocycles. The Morgan fingerprint density at radius 2 is 2.00 bits per heavy atom. The number of hydrogen-bond donors (Lipinski definition) is 2. The molecule has 0 aliphatic heterocycles. The highest BCUT2D eigenvalue weighted by Gasteiger charge is 2.18. The van der Waals surface area contributed by atoms with Gasteiger partial charge in [-0.05, 0) is 32.2 Å². The SMILES string of the molecule is CC(c1cc(F)ccc1F)N(C)CC(=O)NCC(=O)O.Cl. The lowest BCUT2D eigenvalue weighted by molar-refractivity contribution is -0.138. The fourth-order valence-electron chi connectivity index (χ4n) is 1.67. The Morgan fingerprint density at radius 1 is 1.38 bits per heavy atom. The van der Waals surface area contributed by atoms with Crippen molar-refractivity contribution in [2.75, 3.05) is 20.1 Å². The first-order valence-corrected chi connectivity index (χ1v) is 5.95. The fraction of sp³-hybridized carbons (Fsp3) is 0.385. The summed E-state index contributed by atoms with van der Waals surface area (Å²) in [5.41, 5.74) is 0.138. The largest absolute Gasteiger partial charge is 0.480 e. The van der Waals surface area contributed by atoms with Gasteiger partial charge in [-0.15, -0.1) is 12.4 Å². The molecule has 0 bridgehead atoms. The van der Waals surface area contributed by atoms with Gasteiger partial charge in [-0.25, -0.2) is 8.78 Å². The molecule has 1 unspecified atom stereocenters. The average molecular weight is 323 g/mol. The number of aliphatic carboxylic acids is 1. The van der Waals surface area contributed by atoms with Crippen LogP contribution < -0.4 is 5.32 Å². The first kappa shape index (κ1) is 19.3. The predicted molar refractivity (Wildman–Crippen MR) is 75.3 cm³/mol. The number of amides is 1. The van der Waals surface area contributed by atoms with E-state index in [9.17, 15) is 18.4 Å². The molecular weight excluding hydrogens is 306 g/mol. The first-order chi connectivity index (χ1) is 9.31. The van der Waals surface area contributed by atoms with Crippen LogP contribution in [0.1, 0.15) is 18.5 Å². The van der Waals surface area contributed by atoms with E-state index in [1.807, 2.05) is 0 Å². The molecule has 0 aliphatic rings. The minimum absolute atomic E-state index is 0. The van der Waals surface area contributed by atoms with Crippen molar-refractivity contribution in [1.82, 2.24) is 10.2 Å². The van der Waals surface area contributed by atoms with Crippen molar-refractivity contribution >= 4 is 24.3 Å². The van der Waals surface area contributed by atoms with E-state index >= 15 is 0 Å². The van der Waals surface area contributed by atoms with E-state index in [0.717, 1.165) is 18.2 Å². The third-order valence-electron chi connectivity index (χ3n) is 2.90. The lowest BCUT2D eigenvalue weighted by atomic mass is 10.1. The lowest BCUT2D eigenvalue weighted by Crippen LogP contribution is -2.38. The Bertz CT molecular complexity index is 514. The number of carbonyl (C=O) groups excluding carboxylic acids is 1. The van der Waals surface area contributed by atoms with Crippen molar-refractivity contribution < 1.29 is 23.5 Å². The molecule has 8 heteroatoms. The molecule has 2 N–H and O–H groups in total. The zero-order valence-electron chi connectivity index (χ0n) is 11.6. The molecule has 1 aromatic rings. The number of benzene rings is 1. The molecule has 5 nitrogen and oxygen atoms in total. The molecule has 0 fully saturated rings. The van der Waals surface area contributed by atoms with Gasteiger partial charge in [0.15, 0.2) is 0 Å². The zero-order valence-corrected chi connectivity index (χ0v) is 12.4. The monoisotopic (exact) mass is 322 g/mol. The van der Waals surface area contributed by atoms with E-state index in [0.29, 0.717) is 0 Å². The van der Waals surface area contributed by atoms with Crippen LogP contribution in [0.3, 0.4) is 0 Å². The number of likely N-dealkylation sites (N-methyl/N-ethyl adjacent to an activating group) is 1. The molecule has 0 saturated carbocycles. The maximum Gasteiger partial charge on any atom is 0.322 e. The number of nitrogens with zero attached hydrogens (tertiary/aromatic N) is 1. The fourth-order valence-corrected chi connectivity index (χ4v) is 1.67. The second-order valence-electron chi connectivity index (χ2n) is 4.43. The van der Waals surface area contributed by atoms with Gasteiger partial charge in [0.2, 0.25) is 5.91 Å². The van der Waals surface area contributed by atoms with Gasteiger partial charge < -0.3 is 10.4 Å². The number of halogens is 3. The van der Waals surface area contributed by atoms with Crippen LogP contribution in [0.4, 0.5) is 8.78 Å². The summed E-state index contributed by atoms with van der Waals surface area (Å²) >= 11 is 0. The molecule has 1 amide bonds. The van der Waals surface area contributed by atoms with E-state index in [-0.39, 0.29) is 24.5 Å². The van der Waals surface area contributed by atoms with E-state index in [2.05, 4.69) is 5.32 Å². The Labute approximate surface area is 127 Å². The van der Waals surface area contributed by atoms with Gasteiger partial charge in [0, 0.05) is 11.6 Å². The van der Waals surface area contributed by atoms with Gasteiger partial charge in [0.05, 0.1) is 6.54 Å². The van der Waals surface area contributed by atoms with Gasteiger partial charge in [0.25, 0.3) is 0 Å². The van der Waals surface area contributed by atoms with Gasteiger partial charge >= 0.3 is 5.97 Å². The number of carbonyl (C=O) groups is 2. The summed E-state index contributed by atoms with van der Waals surface area (Å²) in [6.07, 6.45) is 0. The Morgan fingerprint density at radius 3 is 2.57 bits per heavy atom. The van der Waals surface area contributed by atoms with Crippen molar-refractivity contribution in [3.8, 4) is 0 Å². The normalized spacial score (nSPS) is 11.7. The molecule has 0 spiro atoms. The number of carboxylic acids is 1. The summed E-state index contributed by atoms with van der Waals surface area (Å²) in [4.78, 5) is 23.3. The van der Waals surface area contributed by atoms with Crippen LogP contribution in [0.15, 0.2) is 18.2 Å². The smallest absolute Gasteiger partial charge is 0.322 e. The van der Waals surface area contributed by atoms with Crippen molar-refractivity contribution in [2.24, 2.45) is 0 Å². The molecule has 1 atom stereocenters. The second-order valence-corrected chi connectivity index (χ2v) is 4.43. The van der Waals surface area contributed by atoms with Crippen LogP contribution >= 0.6 is 12.4 Å². The summed E-state index contributed by atoms with van der Waals surface area (Å²) in [6.45, 7) is 1.03. The highest BCUT2D eigenvalue weighted by atomic mass is 35.5.